The summed E-state index contributed by atoms with van der Waals surface area (Å²) in [5.74, 6) is -0.289. The number of hydrogen-bond acceptors (Lipinski definition) is 4. The quantitative estimate of drug-likeness (QED) is 0.673. The molecule has 6 nitrogen and oxygen atoms in total. The Kier molecular flexibility index (Phi) is 6.17. The van der Waals surface area contributed by atoms with Crippen molar-refractivity contribution in [1.29, 1.82) is 0 Å². The maximum absolute atomic E-state index is 12.5. The van der Waals surface area contributed by atoms with Gasteiger partial charge in [-0.1, -0.05) is 45.0 Å². The summed E-state index contributed by atoms with van der Waals surface area (Å²) in [4.78, 5) is 27.2. The highest BCUT2D eigenvalue weighted by Crippen LogP contribution is 2.28. The van der Waals surface area contributed by atoms with E-state index in [1.165, 1.54) is 0 Å². The lowest BCUT2D eigenvalue weighted by molar-refractivity contribution is -0.134. The van der Waals surface area contributed by atoms with Crippen molar-refractivity contribution in [2.45, 2.75) is 27.3 Å². The molecule has 1 aromatic carbocycles. The highest BCUT2D eigenvalue weighted by atomic mass is 32.1. The van der Waals surface area contributed by atoms with Crippen LogP contribution in [0.5, 0.6) is 0 Å². The number of aromatic nitrogens is 2. The molecule has 0 aliphatic heterocycles. The monoisotopic (exact) mass is 410 g/mol. The number of nitrogens with zero attached hydrogens (tertiary/aromatic N) is 3. The van der Waals surface area contributed by atoms with Gasteiger partial charge in [0.2, 0.25) is 11.8 Å². The van der Waals surface area contributed by atoms with Crippen molar-refractivity contribution in [2.24, 2.45) is 5.41 Å². The molecular weight excluding hydrogens is 384 g/mol. The van der Waals surface area contributed by atoms with E-state index in [0.29, 0.717) is 6.54 Å². The van der Waals surface area contributed by atoms with E-state index in [1.807, 2.05) is 79.5 Å². The third kappa shape index (κ3) is 5.12. The normalized spacial score (nSPS) is 11.3. The Labute approximate surface area is 175 Å². The molecular formula is C22H26N4O2S. The van der Waals surface area contributed by atoms with Gasteiger partial charge in [-0.3, -0.25) is 9.59 Å². The van der Waals surface area contributed by atoms with Crippen molar-refractivity contribution < 1.29 is 9.59 Å². The molecule has 0 bridgehead atoms. The summed E-state index contributed by atoms with van der Waals surface area (Å²) in [6, 6.07) is 13.9. The fourth-order valence-corrected chi connectivity index (χ4v) is 3.50. The average Bonchev–Trinajstić information content (AvgIpc) is 3.35. The topological polar surface area (TPSA) is 67.2 Å². The molecule has 0 aliphatic carbocycles. The minimum Gasteiger partial charge on any atom is -0.347 e. The van der Waals surface area contributed by atoms with Crippen LogP contribution in [-0.4, -0.2) is 40.1 Å². The summed E-state index contributed by atoms with van der Waals surface area (Å²) in [7, 11) is 1.74. The summed E-state index contributed by atoms with van der Waals surface area (Å²) in [5, 5.41) is 9.49. The zero-order valence-corrected chi connectivity index (χ0v) is 18.0. The minimum atomic E-state index is -0.526. The SMILES string of the molecule is CN(Cc1cn(-c2ccccc2)nc1-c1cccs1)C(=O)CNC(=O)C(C)(C)C. The fraction of sp³-hybridized carbons (Fsp3) is 0.318. The number of para-hydroxylation sites is 1. The van der Waals surface area contributed by atoms with Crippen LogP contribution in [-0.2, 0) is 16.1 Å². The third-order valence-corrected chi connectivity index (χ3v) is 5.36. The maximum atomic E-state index is 12.5. The first kappa shape index (κ1) is 20.8. The number of nitrogens with one attached hydrogen (secondary N) is 1. The molecule has 2 heterocycles. The predicted molar refractivity (Wildman–Crippen MR) is 116 cm³/mol. The summed E-state index contributed by atoms with van der Waals surface area (Å²) in [6.45, 7) is 5.85. The van der Waals surface area contributed by atoms with Gasteiger partial charge in [0.1, 0.15) is 5.69 Å². The molecule has 0 aliphatic rings. The first-order valence-corrected chi connectivity index (χ1v) is 10.3. The largest absolute Gasteiger partial charge is 0.347 e. The second-order valence-electron chi connectivity index (χ2n) is 7.94. The summed E-state index contributed by atoms with van der Waals surface area (Å²) >= 11 is 1.61. The predicted octanol–water partition coefficient (Wildman–Crippen LogP) is 3.72. The average molecular weight is 411 g/mol. The van der Waals surface area contributed by atoms with Gasteiger partial charge in [0.25, 0.3) is 0 Å². The van der Waals surface area contributed by atoms with Crippen LogP contribution in [0.2, 0.25) is 0 Å². The van der Waals surface area contributed by atoms with Crippen LogP contribution in [0.1, 0.15) is 26.3 Å². The van der Waals surface area contributed by atoms with Gasteiger partial charge in [-0.05, 0) is 23.6 Å². The van der Waals surface area contributed by atoms with Crippen LogP contribution in [0, 0.1) is 5.41 Å². The van der Waals surface area contributed by atoms with Gasteiger partial charge in [-0.25, -0.2) is 4.68 Å². The molecule has 0 saturated carbocycles. The van der Waals surface area contributed by atoms with Crippen LogP contribution in [0.25, 0.3) is 16.3 Å². The molecule has 2 aromatic heterocycles. The van der Waals surface area contributed by atoms with E-state index < -0.39 is 5.41 Å². The zero-order valence-electron chi connectivity index (χ0n) is 17.2. The van der Waals surface area contributed by atoms with Gasteiger partial charge in [0.05, 0.1) is 17.1 Å². The Hall–Kier alpha value is -2.93. The number of amides is 2. The van der Waals surface area contributed by atoms with Crippen LogP contribution >= 0.6 is 11.3 Å². The molecule has 0 spiro atoms. The molecule has 0 atom stereocenters. The molecule has 3 rings (SSSR count). The lowest BCUT2D eigenvalue weighted by Crippen LogP contribution is -2.42. The van der Waals surface area contributed by atoms with E-state index in [-0.39, 0.29) is 18.4 Å². The Morgan fingerprint density at radius 2 is 1.86 bits per heavy atom. The van der Waals surface area contributed by atoms with Gasteiger partial charge in [-0.2, -0.15) is 5.10 Å². The molecule has 7 heteroatoms. The van der Waals surface area contributed by atoms with Crippen molar-refractivity contribution in [3.05, 3.63) is 59.6 Å². The molecule has 152 valence electrons. The molecule has 0 radical (unpaired) electrons. The highest BCUT2D eigenvalue weighted by molar-refractivity contribution is 7.13. The van der Waals surface area contributed by atoms with E-state index in [0.717, 1.165) is 21.8 Å². The number of carbonyl (C=O) groups is 2. The molecule has 3 aromatic rings. The van der Waals surface area contributed by atoms with Crippen LogP contribution in [0.15, 0.2) is 54.0 Å². The van der Waals surface area contributed by atoms with Gasteiger partial charge in [0.15, 0.2) is 0 Å². The summed E-state index contributed by atoms with van der Waals surface area (Å²) < 4.78 is 1.84. The number of rotatable bonds is 6. The minimum absolute atomic E-state index is 0.0201. The molecule has 0 unspecified atom stereocenters. The van der Waals surface area contributed by atoms with E-state index in [1.54, 1.807) is 23.3 Å². The van der Waals surface area contributed by atoms with E-state index >= 15 is 0 Å². The Balaban J connectivity index is 1.78. The number of likely N-dealkylation sites (N-methyl/N-ethyl adjacent to an activating group) is 1. The smallest absolute Gasteiger partial charge is 0.242 e. The van der Waals surface area contributed by atoms with Gasteiger partial charge in [-0.15, -0.1) is 11.3 Å². The number of thiophene rings is 1. The van der Waals surface area contributed by atoms with Gasteiger partial charge >= 0.3 is 0 Å². The second kappa shape index (κ2) is 8.61. The van der Waals surface area contributed by atoms with Gasteiger partial charge < -0.3 is 10.2 Å². The summed E-state index contributed by atoms with van der Waals surface area (Å²) in [6.07, 6.45) is 1.96. The lowest BCUT2D eigenvalue weighted by Gasteiger charge is -2.20. The van der Waals surface area contributed by atoms with E-state index in [9.17, 15) is 9.59 Å². The molecule has 2 amide bonds. The van der Waals surface area contributed by atoms with Gasteiger partial charge in [0, 0.05) is 30.8 Å². The molecule has 29 heavy (non-hydrogen) atoms. The number of hydrogen-bond donors (Lipinski definition) is 1. The van der Waals surface area contributed by atoms with Crippen LogP contribution < -0.4 is 5.32 Å². The number of benzene rings is 1. The standard InChI is InChI=1S/C22H26N4O2S/c1-22(2,3)21(28)23-13-19(27)25(4)14-16-15-26(17-9-6-5-7-10-17)24-20(16)18-11-8-12-29-18/h5-12,15H,13-14H2,1-4H3,(H,23,28). The third-order valence-electron chi connectivity index (χ3n) is 4.48. The summed E-state index contributed by atoms with van der Waals surface area (Å²) in [5.41, 5.74) is 2.25. The van der Waals surface area contributed by atoms with E-state index in [2.05, 4.69) is 5.32 Å². The van der Waals surface area contributed by atoms with Crippen molar-refractivity contribution in [1.82, 2.24) is 20.0 Å². The molecule has 0 saturated heterocycles. The van der Waals surface area contributed by atoms with Crippen molar-refractivity contribution in [2.75, 3.05) is 13.6 Å². The van der Waals surface area contributed by atoms with Crippen molar-refractivity contribution >= 4 is 23.2 Å². The first-order valence-electron chi connectivity index (χ1n) is 9.46. The van der Waals surface area contributed by atoms with E-state index in [4.69, 9.17) is 5.10 Å². The molecule has 0 fully saturated rings. The zero-order chi connectivity index (χ0) is 21.0. The lowest BCUT2D eigenvalue weighted by atomic mass is 9.96. The highest BCUT2D eigenvalue weighted by Gasteiger charge is 2.23. The number of carbonyl (C=O) groups excluding carboxylic acids is 2. The first-order chi connectivity index (χ1) is 13.8. The Morgan fingerprint density at radius 3 is 2.48 bits per heavy atom. The molecule has 1 N–H and O–H groups in total. The van der Waals surface area contributed by atoms with Crippen LogP contribution in [0.3, 0.4) is 0 Å². The maximum Gasteiger partial charge on any atom is 0.242 e. The van der Waals surface area contributed by atoms with Crippen molar-refractivity contribution in [3.63, 3.8) is 0 Å². The van der Waals surface area contributed by atoms with Crippen molar-refractivity contribution in [3.8, 4) is 16.3 Å². The fourth-order valence-electron chi connectivity index (χ4n) is 2.76. The van der Waals surface area contributed by atoms with Crippen LogP contribution in [0.4, 0.5) is 0 Å². The Morgan fingerprint density at radius 1 is 1.14 bits per heavy atom. The second-order valence-corrected chi connectivity index (χ2v) is 8.89. The Bertz CT molecular complexity index is 972.